The largest absolute Gasteiger partial charge is 0.507 e. The predicted molar refractivity (Wildman–Crippen MR) is 73.6 cm³/mol. The first-order chi connectivity index (χ1) is 9.02. The average Bonchev–Trinajstić information content (AvgIpc) is 2.38. The van der Waals surface area contributed by atoms with Crippen molar-refractivity contribution in [3.05, 3.63) is 28.8 Å². The molecule has 0 radical (unpaired) electrons. The molecule has 1 aromatic rings. The van der Waals surface area contributed by atoms with E-state index in [1.807, 2.05) is 13.8 Å². The zero-order chi connectivity index (χ0) is 14.0. The Hall–Kier alpha value is -1.26. The molecule has 1 aliphatic heterocycles. The van der Waals surface area contributed by atoms with E-state index < -0.39 is 0 Å². The predicted octanol–water partition coefficient (Wildman–Crippen LogP) is 2.69. The Morgan fingerprint density at radius 1 is 1.58 bits per heavy atom. The van der Waals surface area contributed by atoms with Gasteiger partial charge in [0, 0.05) is 11.6 Å². The van der Waals surface area contributed by atoms with Crippen LogP contribution in [-0.2, 0) is 4.74 Å². The number of phenols is 1. The first-order valence-electron chi connectivity index (χ1n) is 6.44. The standard InChI is InChI=1S/C14H18ClNO3/c1-3-11-8-19-9(2)7-16(11)14(18)12-5-4-10(15)6-13(12)17/h4-6,9,11,17H,3,7-8H2,1-2H3. The Bertz CT molecular complexity index is 478. The summed E-state index contributed by atoms with van der Waals surface area (Å²) in [5, 5.41) is 10.3. The Kier molecular flexibility index (Phi) is 4.32. The molecular formula is C14H18ClNO3. The van der Waals surface area contributed by atoms with Crippen molar-refractivity contribution < 1.29 is 14.6 Å². The van der Waals surface area contributed by atoms with Gasteiger partial charge in [-0.15, -0.1) is 0 Å². The van der Waals surface area contributed by atoms with Gasteiger partial charge in [-0.25, -0.2) is 0 Å². The van der Waals surface area contributed by atoms with E-state index in [9.17, 15) is 9.90 Å². The lowest BCUT2D eigenvalue weighted by Crippen LogP contribution is -2.51. The van der Waals surface area contributed by atoms with Crippen LogP contribution in [0.3, 0.4) is 0 Å². The highest BCUT2D eigenvalue weighted by atomic mass is 35.5. The number of nitrogens with zero attached hydrogens (tertiary/aromatic N) is 1. The highest BCUT2D eigenvalue weighted by Gasteiger charge is 2.31. The lowest BCUT2D eigenvalue weighted by Gasteiger charge is -2.38. The number of carbonyl (C=O) groups is 1. The average molecular weight is 284 g/mol. The van der Waals surface area contributed by atoms with E-state index in [4.69, 9.17) is 16.3 Å². The van der Waals surface area contributed by atoms with Gasteiger partial charge in [0.15, 0.2) is 0 Å². The van der Waals surface area contributed by atoms with Crippen LogP contribution in [0.15, 0.2) is 18.2 Å². The number of phenolic OH excluding ortho intramolecular Hbond substituents is 1. The molecule has 19 heavy (non-hydrogen) atoms. The third-order valence-corrected chi connectivity index (χ3v) is 3.63. The van der Waals surface area contributed by atoms with Gasteiger partial charge in [-0.05, 0) is 31.5 Å². The van der Waals surface area contributed by atoms with Gasteiger partial charge in [-0.1, -0.05) is 18.5 Å². The van der Waals surface area contributed by atoms with Gasteiger partial charge in [-0.3, -0.25) is 4.79 Å². The topological polar surface area (TPSA) is 49.8 Å². The van der Waals surface area contributed by atoms with Crippen molar-refractivity contribution in [3.63, 3.8) is 0 Å². The first-order valence-corrected chi connectivity index (χ1v) is 6.81. The molecule has 1 aromatic carbocycles. The minimum atomic E-state index is -0.170. The summed E-state index contributed by atoms with van der Waals surface area (Å²) in [5.41, 5.74) is 0.289. The molecule has 0 saturated carbocycles. The molecule has 1 aliphatic rings. The number of ether oxygens (including phenoxy) is 1. The molecule has 1 heterocycles. The quantitative estimate of drug-likeness (QED) is 0.908. The Morgan fingerprint density at radius 3 is 2.95 bits per heavy atom. The third-order valence-electron chi connectivity index (χ3n) is 3.39. The van der Waals surface area contributed by atoms with Crippen LogP contribution in [0, 0.1) is 0 Å². The second kappa shape index (κ2) is 5.80. The molecule has 5 heteroatoms. The van der Waals surface area contributed by atoms with E-state index in [0.29, 0.717) is 18.2 Å². The number of morpholine rings is 1. The molecule has 1 amide bonds. The summed E-state index contributed by atoms with van der Waals surface area (Å²) < 4.78 is 5.57. The first kappa shape index (κ1) is 14.2. The molecule has 2 rings (SSSR count). The van der Waals surface area contributed by atoms with Crippen LogP contribution in [0.2, 0.25) is 5.02 Å². The minimum absolute atomic E-state index is 0.0150. The number of carbonyl (C=O) groups excluding carboxylic acids is 1. The summed E-state index contributed by atoms with van der Waals surface area (Å²) in [6.07, 6.45) is 0.841. The zero-order valence-corrected chi connectivity index (χ0v) is 11.9. The molecule has 0 aromatic heterocycles. The molecule has 1 N–H and O–H groups in total. The smallest absolute Gasteiger partial charge is 0.258 e. The Labute approximate surface area is 117 Å². The molecule has 1 saturated heterocycles. The number of rotatable bonds is 2. The van der Waals surface area contributed by atoms with Crippen LogP contribution in [0.1, 0.15) is 30.6 Å². The van der Waals surface area contributed by atoms with Gasteiger partial charge >= 0.3 is 0 Å². The third kappa shape index (κ3) is 3.01. The Balaban J connectivity index is 2.25. The fourth-order valence-corrected chi connectivity index (χ4v) is 2.44. The van der Waals surface area contributed by atoms with E-state index in [0.717, 1.165) is 6.42 Å². The van der Waals surface area contributed by atoms with Crippen LogP contribution < -0.4 is 0 Å². The molecule has 104 valence electrons. The highest BCUT2D eigenvalue weighted by Crippen LogP contribution is 2.25. The van der Waals surface area contributed by atoms with E-state index in [-0.39, 0.29) is 29.4 Å². The number of halogens is 1. The van der Waals surface area contributed by atoms with Crippen molar-refractivity contribution in [3.8, 4) is 5.75 Å². The maximum absolute atomic E-state index is 12.5. The summed E-state index contributed by atoms with van der Waals surface area (Å²) >= 11 is 5.78. The van der Waals surface area contributed by atoms with E-state index in [1.54, 1.807) is 17.0 Å². The van der Waals surface area contributed by atoms with E-state index in [2.05, 4.69) is 0 Å². The number of hydrogen-bond acceptors (Lipinski definition) is 3. The summed E-state index contributed by atoms with van der Waals surface area (Å²) in [6.45, 7) is 5.04. The van der Waals surface area contributed by atoms with Gasteiger partial charge in [0.2, 0.25) is 0 Å². The number of amides is 1. The summed E-state index contributed by atoms with van der Waals surface area (Å²) in [5.74, 6) is -0.248. The number of aromatic hydroxyl groups is 1. The van der Waals surface area contributed by atoms with Gasteiger partial charge in [0.1, 0.15) is 5.75 Å². The normalized spacial score (nSPS) is 23.4. The van der Waals surface area contributed by atoms with Gasteiger partial charge < -0.3 is 14.7 Å². The van der Waals surface area contributed by atoms with Crippen molar-refractivity contribution in [1.82, 2.24) is 4.90 Å². The van der Waals surface area contributed by atoms with Crippen LogP contribution >= 0.6 is 11.6 Å². The lowest BCUT2D eigenvalue weighted by atomic mass is 10.1. The van der Waals surface area contributed by atoms with Crippen molar-refractivity contribution in [2.75, 3.05) is 13.2 Å². The molecule has 1 fully saturated rings. The molecule has 2 unspecified atom stereocenters. The zero-order valence-electron chi connectivity index (χ0n) is 11.1. The van der Waals surface area contributed by atoms with Crippen LogP contribution in [0.5, 0.6) is 5.75 Å². The van der Waals surface area contributed by atoms with Crippen LogP contribution in [0.4, 0.5) is 0 Å². The second-order valence-electron chi connectivity index (χ2n) is 4.83. The SMILES string of the molecule is CCC1COC(C)CN1C(=O)c1ccc(Cl)cc1O. The van der Waals surface area contributed by atoms with Crippen molar-refractivity contribution >= 4 is 17.5 Å². The fraction of sp³-hybridized carbons (Fsp3) is 0.500. The lowest BCUT2D eigenvalue weighted by molar-refractivity contribution is -0.0444. The second-order valence-corrected chi connectivity index (χ2v) is 5.26. The highest BCUT2D eigenvalue weighted by molar-refractivity contribution is 6.30. The summed E-state index contributed by atoms with van der Waals surface area (Å²) in [4.78, 5) is 14.3. The molecule has 4 nitrogen and oxygen atoms in total. The van der Waals surface area contributed by atoms with Crippen molar-refractivity contribution in [1.29, 1.82) is 0 Å². The maximum atomic E-state index is 12.5. The van der Waals surface area contributed by atoms with Gasteiger partial charge in [-0.2, -0.15) is 0 Å². The molecular weight excluding hydrogens is 266 g/mol. The van der Waals surface area contributed by atoms with Crippen LogP contribution in [-0.4, -0.2) is 41.2 Å². The van der Waals surface area contributed by atoms with Gasteiger partial charge in [0.25, 0.3) is 5.91 Å². The Morgan fingerprint density at radius 2 is 2.32 bits per heavy atom. The minimum Gasteiger partial charge on any atom is -0.507 e. The van der Waals surface area contributed by atoms with E-state index >= 15 is 0 Å². The molecule has 0 bridgehead atoms. The van der Waals surface area contributed by atoms with Gasteiger partial charge in [0.05, 0.1) is 24.3 Å². The van der Waals surface area contributed by atoms with Crippen molar-refractivity contribution in [2.24, 2.45) is 0 Å². The maximum Gasteiger partial charge on any atom is 0.258 e. The monoisotopic (exact) mass is 283 g/mol. The van der Waals surface area contributed by atoms with Crippen molar-refractivity contribution in [2.45, 2.75) is 32.4 Å². The molecule has 0 spiro atoms. The van der Waals surface area contributed by atoms with E-state index in [1.165, 1.54) is 6.07 Å². The number of hydrogen-bond donors (Lipinski definition) is 1. The summed E-state index contributed by atoms with van der Waals surface area (Å²) in [6, 6.07) is 4.62. The fourth-order valence-electron chi connectivity index (χ4n) is 2.27. The number of benzene rings is 1. The molecule has 2 atom stereocenters. The van der Waals surface area contributed by atoms with Crippen LogP contribution in [0.25, 0.3) is 0 Å². The molecule has 0 aliphatic carbocycles. The summed E-state index contributed by atoms with van der Waals surface area (Å²) in [7, 11) is 0.